The highest BCUT2D eigenvalue weighted by Gasteiger charge is 2.36. The number of rotatable bonds is 3. The largest absolute Gasteiger partial charge is 0.478 e. The molecule has 0 radical (unpaired) electrons. The number of benzene rings is 2. The Morgan fingerprint density at radius 2 is 2.12 bits per heavy atom. The predicted molar refractivity (Wildman–Crippen MR) is 121 cm³/mol. The van der Waals surface area contributed by atoms with Crippen molar-refractivity contribution in [2.75, 3.05) is 26.7 Å². The molecule has 172 valence electrons. The summed E-state index contributed by atoms with van der Waals surface area (Å²) in [5.41, 5.74) is 3.86. The van der Waals surface area contributed by atoms with Crippen molar-refractivity contribution in [2.24, 2.45) is 0 Å². The quantitative estimate of drug-likeness (QED) is 0.615. The van der Waals surface area contributed by atoms with Gasteiger partial charge in [-0.3, -0.25) is 9.69 Å². The van der Waals surface area contributed by atoms with Gasteiger partial charge < -0.3 is 23.7 Å². The molecular weight excluding hydrogens is 446 g/mol. The van der Waals surface area contributed by atoms with Gasteiger partial charge in [0.15, 0.2) is 12.6 Å². The van der Waals surface area contributed by atoms with Gasteiger partial charge in [0.25, 0.3) is 0 Å². The lowest BCUT2D eigenvalue weighted by Crippen LogP contribution is -2.37. The molecule has 4 aliphatic rings. The van der Waals surface area contributed by atoms with Gasteiger partial charge in [-0.2, -0.15) is 0 Å². The fourth-order valence-corrected chi connectivity index (χ4v) is 5.18. The first kappa shape index (κ1) is 21.0. The number of halogens is 1. The van der Waals surface area contributed by atoms with E-state index in [1.54, 1.807) is 12.1 Å². The van der Waals surface area contributed by atoms with Crippen molar-refractivity contribution in [3.8, 4) is 17.2 Å². The third kappa shape index (κ3) is 3.79. The molecule has 6 rings (SSSR count). The van der Waals surface area contributed by atoms with E-state index in [1.165, 1.54) is 0 Å². The van der Waals surface area contributed by atoms with Gasteiger partial charge in [0.2, 0.25) is 5.78 Å². The molecule has 1 atom stereocenters. The molecule has 4 heterocycles. The van der Waals surface area contributed by atoms with Crippen LogP contribution in [0.5, 0.6) is 17.2 Å². The zero-order valence-corrected chi connectivity index (χ0v) is 19.1. The van der Waals surface area contributed by atoms with Gasteiger partial charge in [-0.15, -0.1) is 0 Å². The van der Waals surface area contributed by atoms with Gasteiger partial charge >= 0.3 is 0 Å². The summed E-state index contributed by atoms with van der Waals surface area (Å²) in [4.78, 5) is 15.6. The Hall–Kier alpha value is -2.58. The second kappa shape index (κ2) is 8.33. The predicted octanol–water partition coefficient (Wildman–Crippen LogP) is 4.46. The average molecular weight is 470 g/mol. The highest BCUT2D eigenvalue weighted by Crippen LogP contribution is 2.45. The summed E-state index contributed by atoms with van der Waals surface area (Å²) in [5, 5.41) is 0.546. The number of carbonyl (C=O) groups is 1. The van der Waals surface area contributed by atoms with Crippen LogP contribution in [0.4, 0.5) is 0 Å². The molecule has 1 fully saturated rings. The Bertz CT molecular complexity index is 1170. The Labute approximate surface area is 196 Å². The second-order valence-electron chi connectivity index (χ2n) is 8.83. The number of nitrogens with zero attached hydrogens (tertiary/aromatic N) is 1. The molecular formula is C25H24ClNO6. The average Bonchev–Trinajstić information content (AvgIpc) is 3.43. The maximum atomic E-state index is 13.4. The number of aryl methyl sites for hydroxylation is 1. The summed E-state index contributed by atoms with van der Waals surface area (Å²) in [6.07, 6.45) is 4.09. The summed E-state index contributed by atoms with van der Waals surface area (Å²) in [5.74, 6) is 2.11. The lowest BCUT2D eigenvalue weighted by atomic mass is 9.98. The number of hydrogen-bond donors (Lipinski definition) is 0. The van der Waals surface area contributed by atoms with Gasteiger partial charge in [-0.25, -0.2) is 0 Å². The molecule has 8 heteroatoms. The highest BCUT2D eigenvalue weighted by molar-refractivity contribution is 6.31. The summed E-state index contributed by atoms with van der Waals surface area (Å²) in [7, 11) is 0. The fourth-order valence-electron chi connectivity index (χ4n) is 4.93. The Kier molecular flexibility index (Phi) is 5.30. The third-order valence-electron chi connectivity index (χ3n) is 6.46. The van der Waals surface area contributed by atoms with Crippen LogP contribution in [-0.2, 0) is 22.6 Å². The Morgan fingerprint density at radius 3 is 2.97 bits per heavy atom. The van der Waals surface area contributed by atoms with E-state index in [2.05, 4.69) is 4.90 Å². The maximum absolute atomic E-state index is 13.4. The second-order valence-corrected chi connectivity index (χ2v) is 9.26. The molecule has 4 aliphatic heterocycles. The summed E-state index contributed by atoms with van der Waals surface area (Å²) in [6, 6.07) is 5.52. The standard InChI is InChI=1S/C25H24ClNO6/c1-14-5-20-19(10-27(12-31-20)9-18-3-2-4-30-18)25-22(14)23(28)21(33-25)8-15-6-17(26)7-16-11-29-13-32-24(15)16/h5-8,18H,2-4,9-13H2,1H3/b21-8-. The van der Waals surface area contributed by atoms with E-state index in [4.69, 9.17) is 35.3 Å². The molecule has 1 saturated heterocycles. The topological polar surface area (TPSA) is 66.5 Å². The lowest BCUT2D eigenvalue weighted by molar-refractivity contribution is -0.0165. The molecule has 0 spiro atoms. The molecule has 33 heavy (non-hydrogen) atoms. The number of Topliss-reactive ketones (excluding diaryl/α,β-unsaturated/α-hetero) is 1. The first-order valence-electron chi connectivity index (χ1n) is 11.2. The number of hydrogen-bond acceptors (Lipinski definition) is 7. The number of carbonyl (C=O) groups excluding carboxylic acids is 1. The molecule has 7 nitrogen and oxygen atoms in total. The minimum atomic E-state index is -0.151. The zero-order chi connectivity index (χ0) is 22.5. The van der Waals surface area contributed by atoms with Gasteiger partial charge in [-0.1, -0.05) is 11.6 Å². The molecule has 1 unspecified atom stereocenters. The van der Waals surface area contributed by atoms with Crippen molar-refractivity contribution in [2.45, 2.75) is 39.0 Å². The van der Waals surface area contributed by atoms with E-state index >= 15 is 0 Å². The summed E-state index contributed by atoms with van der Waals surface area (Å²) < 4.78 is 29.1. The van der Waals surface area contributed by atoms with Crippen LogP contribution in [0.2, 0.25) is 5.02 Å². The van der Waals surface area contributed by atoms with Crippen molar-refractivity contribution in [3.63, 3.8) is 0 Å². The van der Waals surface area contributed by atoms with E-state index in [0.29, 0.717) is 47.5 Å². The van der Waals surface area contributed by atoms with Gasteiger partial charge in [0.05, 0.1) is 23.8 Å². The smallest absolute Gasteiger partial charge is 0.232 e. The van der Waals surface area contributed by atoms with Gasteiger partial charge in [0.1, 0.15) is 24.0 Å². The molecule has 0 amide bonds. The SMILES string of the molecule is Cc1cc2c(c3c1C(=O)/C(=C/c1cc(Cl)cc4c1OCOC4)O3)CN(CC1CCCO1)CO2. The number of ether oxygens (including phenoxy) is 5. The summed E-state index contributed by atoms with van der Waals surface area (Å²) in [6.45, 7) is 5.23. The minimum absolute atomic E-state index is 0.151. The lowest BCUT2D eigenvalue weighted by Gasteiger charge is -2.31. The maximum Gasteiger partial charge on any atom is 0.232 e. The normalized spacial score (nSPS) is 22.9. The van der Waals surface area contributed by atoms with E-state index in [0.717, 1.165) is 48.4 Å². The van der Waals surface area contributed by atoms with E-state index in [9.17, 15) is 4.79 Å². The van der Waals surface area contributed by atoms with E-state index in [-0.39, 0.29) is 24.4 Å². The number of ketones is 1. The van der Waals surface area contributed by atoms with E-state index in [1.807, 2.05) is 19.1 Å². The first-order chi connectivity index (χ1) is 16.1. The van der Waals surface area contributed by atoms with Crippen molar-refractivity contribution in [3.05, 3.63) is 56.8 Å². The van der Waals surface area contributed by atoms with Crippen molar-refractivity contribution >= 4 is 23.5 Å². The molecule has 2 aromatic carbocycles. The first-order valence-corrected chi connectivity index (χ1v) is 11.5. The van der Waals surface area contributed by atoms with Crippen molar-refractivity contribution < 1.29 is 28.5 Å². The monoisotopic (exact) mass is 469 g/mol. The van der Waals surface area contributed by atoms with Crippen LogP contribution in [0.15, 0.2) is 24.0 Å². The Balaban J connectivity index is 1.34. The van der Waals surface area contributed by atoms with Crippen LogP contribution in [0.25, 0.3) is 6.08 Å². The zero-order valence-electron chi connectivity index (χ0n) is 18.3. The molecule has 0 aliphatic carbocycles. The van der Waals surface area contributed by atoms with Crippen LogP contribution >= 0.6 is 11.6 Å². The highest BCUT2D eigenvalue weighted by atomic mass is 35.5. The van der Waals surface area contributed by atoms with Crippen LogP contribution in [0.3, 0.4) is 0 Å². The fraction of sp³-hybridized carbons (Fsp3) is 0.400. The molecule has 0 saturated carbocycles. The van der Waals surface area contributed by atoms with Crippen LogP contribution in [0, 0.1) is 6.92 Å². The molecule has 0 N–H and O–H groups in total. The number of allylic oxidation sites excluding steroid dienone is 1. The van der Waals surface area contributed by atoms with Crippen molar-refractivity contribution in [1.29, 1.82) is 0 Å². The van der Waals surface area contributed by atoms with E-state index < -0.39 is 0 Å². The summed E-state index contributed by atoms with van der Waals surface area (Å²) >= 11 is 6.30. The molecule has 0 aromatic heterocycles. The minimum Gasteiger partial charge on any atom is -0.478 e. The molecule has 2 aromatic rings. The Morgan fingerprint density at radius 1 is 1.21 bits per heavy atom. The van der Waals surface area contributed by atoms with Crippen LogP contribution in [-0.4, -0.2) is 43.5 Å². The van der Waals surface area contributed by atoms with Crippen LogP contribution in [0.1, 0.15) is 45.5 Å². The van der Waals surface area contributed by atoms with Crippen LogP contribution < -0.4 is 14.2 Å². The number of fused-ring (bicyclic) bond motifs is 4. The van der Waals surface area contributed by atoms with Crippen molar-refractivity contribution in [1.82, 2.24) is 4.90 Å². The molecule has 0 bridgehead atoms. The van der Waals surface area contributed by atoms with Gasteiger partial charge in [0, 0.05) is 35.8 Å². The third-order valence-corrected chi connectivity index (χ3v) is 6.68. The van der Waals surface area contributed by atoms with Gasteiger partial charge in [-0.05, 0) is 49.6 Å².